The van der Waals surface area contributed by atoms with E-state index >= 15 is 0 Å². The minimum Gasteiger partial charge on any atom is -0.392 e. The standard InChI is InChI=1S/C13H23N3O/c1-10(2)16-9-11(8-15-16)7-14-12-5-3-4-6-13(12)17/h8-10,12-14,17H,3-7H2,1-2H3. The molecule has 2 rings (SSSR count). The molecule has 1 aliphatic carbocycles. The lowest BCUT2D eigenvalue weighted by molar-refractivity contribution is 0.0902. The molecule has 2 atom stereocenters. The van der Waals surface area contributed by atoms with E-state index in [-0.39, 0.29) is 12.1 Å². The van der Waals surface area contributed by atoms with Crippen molar-refractivity contribution in [3.8, 4) is 0 Å². The number of aromatic nitrogens is 2. The van der Waals surface area contributed by atoms with E-state index in [0.29, 0.717) is 6.04 Å². The van der Waals surface area contributed by atoms with Gasteiger partial charge in [0, 0.05) is 30.4 Å². The summed E-state index contributed by atoms with van der Waals surface area (Å²) in [5.41, 5.74) is 1.19. The van der Waals surface area contributed by atoms with Gasteiger partial charge in [-0.15, -0.1) is 0 Å². The maximum absolute atomic E-state index is 9.86. The fourth-order valence-electron chi connectivity index (χ4n) is 2.35. The predicted octanol–water partition coefficient (Wildman–Crippen LogP) is 1.86. The first-order chi connectivity index (χ1) is 8.16. The van der Waals surface area contributed by atoms with E-state index in [9.17, 15) is 5.11 Å². The van der Waals surface area contributed by atoms with Crippen LogP contribution in [-0.4, -0.2) is 27.0 Å². The largest absolute Gasteiger partial charge is 0.392 e. The molecule has 1 aromatic rings. The maximum Gasteiger partial charge on any atom is 0.0693 e. The predicted molar refractivity (Wildman–Crippen MR) is 67.7 cm³/mol. The van der Waals surface area contributed by atoms with Gasteiger partial charge in [-0.25, -0.2) is 0 Å². The third-order valence-electron chi connectivity index (χ3n) is 3.48. The molecular formula is C13H23N3O. The lowest BCUT2D eigenvalue weighted by Gasteiger charge is -2.28. The van der Waals surface area contributed by atoms with Crippen molar-refractivity contribution in [2.75, 3.05) is 0 Å². The number of nitrogens with one attached hydrogen (secondary N) is 1. The average molecular weight is 237 g/mol. The second-order valence-electron chi connectivity index (χ2n) is 5.26. The number of rotatable bonds is 4. The van der Waals surface area contributed by atoms with Crippen molar-refractivity contribution in [3.05, 3.63) is 18.0 Å². The Kier molecular flexibility index (Phi) is 4.18. The minimum absolute atomic E-state index is 0.177. The lowest BCUT2D eigenvalue weighted by atomic mass is 9.92. The highest BCUT2D eigenvalue weighted by Gasteiger charge is 2.22. The summed E-state index contributed by atoms with van der Waals surface area (Å²) in [6.45, 7) is 5.04. The van der Waals surface area contributed by atoms with Crippen LogP contribution < -0.4 is 5.32 Å². The fourth-order valence-corrected chi connectivity index (χ4v) is 2.35. The van der Waals surface area contributed by atoms with E-state index in [2.05, 4.69) is 30.5 Å². The van der Waals surface area contributed by atoms with Crippen molar-refractivity contribution in [1.82, 2.24) is 15.1 Å². The second kappa shape index (κ2) is 5.65. The van der Waals surface area contributed by atoms with E-state index in [1.807, 2.05) is 10.9 Å². The highest BCUT2D eigenvalue weighted by atomic mass is 16.3. The van der Waals surface area contributed by atoms with Crippen LogP contribution >= 0.6 is 0 Å². The van der Waals surface area contributed by atoms with Gasteiger partial charge in [-0.2, -0.15) is 5.10 Å². The Labute approximate surface area is 103 Å². The van der Waals surface area contributed by atoms with Crippen LogP contribution in [0.15, 0.2) is 12.4 Å². The zero-order valence-corrected chi connectivity index (χ0v) is 10.8. The molecule has 4 heteroatoms. The Morgan fingerprint density at radius 3 is 2.88 bits per heavy atom. The van der Waals surface area contributed by atoms with Gasteiger partial charge in [0.15, 0.2) is 0 Å². The summed E-state index contributed by atoms with van der Waals surface area (Å²) >= 11 is 0. The lowest BCUT2D eigenvalue weighted by Crippen LogP contribution is -2.41. The summed E-state index contributed by atoms with van der Waals surface area (Å²) in [6.07, 6.45) is 8.20. The summed E-state index contributed by atoms with van der Waals surface area (Å²) in [5, 5.41) is 17.6. The molecule has 0 saturated heterocycles. The molecule has 0 radical (unpaired) electrons. The van der Waals surface area contributed by atoms with Crippen molar-refractivity contribution >= 4 is 0 Å². The molecule has 0 bridgehead atoms. The van der Waals surface area contributed by atoms with Crippen molar-refractivity contribution in [2.45, 2.75) is 64.3 Å². The average Bonchev–Trinajstić information content (AvgIpc) is 2.77. The summed E-state index contributed by atoms with van der Waals surface area (Å²) in [7, 11) is 0. The van der Waals surface area contributed by atoms with Crippen LogP contribution in [-0.2, 0) is 6.54 Å². The van der Waals surface area contributed by atoms with Crippen LogP contribution in [0.4, 0.5) is 0 Å². The molecule has 96 valence electrons. The summed E-state index contributed by atoms with van der Waals surface area (Å²) in [6, 6.07) is 0.662. The molecule has 4 nitrogen and oxygen atoms in total. The monoisotopic (exact) mass is 237 g/mol. The van der Waals surface area contributed by atoms with Crippen molar-refractivity contribution in [1.29, 1.82) is 0 Å². The van der Waals surface area contributed by atoms with Crippen molar-refractivity contribution in [3.63, 3.8) is 0 Å². The second-order valence-corrected chi connectivity index (χ2v) is 5.26. The highest BCUT2D eigenvalue weighted by molar-refractivity contribution is 5.04. The Morgan fingerprint density at radius 1 is 1.47 bits per heavy atom. The summed E-state index contributed by atoms with van der Waals surface area (Å²) in [5.74, 6) is 0. The molecule has 2 N–H and O–H groups in total. The van der Waals surface area contributed by atoms with Gasteiger partial charge in [0.05, 0.1) is 12.3 Å². The molecule has 1 aliphatic rings. The molecule has 1 saturated carbocycles. The molecule has 0 amide bonds. The van der Waals surface area contributed by atoms with Crippen LogP contribution in [0.1, 0.15) is 51.1 Å². The fraction of sp³-hybridized carbons (Fsp3) is 0.769. The molecule has 0 aromatic carbocycles. The SMILES string of the molecule is CC(C)n1cc(CNC2CCCCC2O)cn1. The van der Waals surface area contributed by atoms with Gasteiger partial charge in [-0.3, -0.25) is 4.68 Å². The van der Waals surface area contributed by atoms with Gasteiger partial charge < -0.3 is 10.4 Å². The Bertz CT molecular complexity index is 348. The van der Waals surface area contributed by atoms with Gasteiger partial charge >= 0.3 is 0 Å². The van der Waals surface area contributed by atoms with Gasteiger partial charge in [0.1, 0.15) is 0 Å². The molecule has 1 fully saturated rings. The molecule has 1 heterocycles. The number of hydrogen-bond acceptors (Lipinski definition) is 3. The summed E-state index contributed by atoms with van der Waals surface area (Å²) in [4.78, 5) is 0. The van der Waals surface area contributed by atoms with E-state index in [1.54, 1.807) is 0 Å². The van der Waals surface area contributed by atoms with Crippen LogP contribution in [0, 0.1) is 0 Å². The van der Waals surface area contributed by atoms with Gasteiger partial charge in [0.2, 0.25) is 0 Å². The topological polar surface area (TPSA) is 50.1 Å². The van der Waals surface area contributed by atoms with Gasteiger partial charge in [-0.05, 0) is 26.7 Å². The first-order valence-corrected chi connectivity index (χ1v) is 6.61. The molecule has 0 aliphatic heterocycles. The van der Waals surface area contributed by atoms with Crippen LogP contribution in [0.5, 0.6) is 0 Å². The van der Waals surface area contributed by atoms with Crippen LogP contribution in [0.2, 0.25) is 0 Å². The Balaban J connectivity index is 1.84. The quantitative estimate of drug-likeness (QED) is 0.840. The smallest absolute Gasteiger partial charge is 0.0693 e. The summed E-state index contributed by atoms with van der Waals surface area (Å²) < 4.78 is 1.97. The molecule has 2 unspecified atom stereocenters. The minimum atomic E-state index is -0.177. The van der Waals surface area contributed by atoms with Gasteiger partial charge in [0.25, 0.3) is 0 Å². The van der Waals surface area contributed by atoms with Crippen molar-refractivity contribution in [2.24, 2.45) is 0 Å². The number of aliphatic hydroxyl groups excluding tert-OH is 1. The zero-order valence-electron chi connectivity index (χ0n) is 10.8. The zero-order chi connectivity index (χ0) is 12.3. The Morgan fingerprint density at radius 2 is 2.24 bits per heavy atom. The van der Waals surface area contributed by atoms with Crippen molar-refractivity contribution < 1.29 is 5.11 Å². The molecule has 0 spiro atoms. The first-order valence-electron chi connectivity index (χ1n) is 6.61. The van der Waals surface area contributed by atoms with E-state index in [4.69, 9.17) is 0 Å². The van der Waals surface area contributed by atoms with E-state index < -0.39 is 0 Å². The number of aliphatic hydroxyl groups is 1. The normalized spacial score (nSPS) is 25.4. The van der Waals surface area contributed by atoms with E-state index in [1.165, 1.54) is 12.0 Å². The molecule has 17 heavy (non-hydrogen) atoms. The number of hydrogen-bond donors (Lipinski definition) is 2. The molecular weight excluding hydrogens is 214 g/mol. The maximum atomic E-state index is 9.86. The highest BCUT2D eigenvalue weighted by Crippen LogP contribution is 2.18. The third-order valence-corrected chi connectivity index (χ3v) is 3.48. The third kappa shape index (κ3) is 3.30. The Hall–Kier alpha value is -0.870. The van der Waals surface area contributed by atoms with Crippen LogP contribution in [0.3, 0.4) is 0 Å². The van der Waals surface area contributed by atoms with Crippen LogP contribution in [0.25, 0.3) is 0 Å². The van der Waals surface area contributed by atoms with Gasteiger partial charge in [-0.1, -0.05) is 12.8 Å². The number of nitrogens with zero attached hydrogens (tertiary/aromatic N) is 2. The molecule has 1 aromatic heterocycles. The first kappa shape index (κ1) is 12.6. The van der Waals surface area contributed by atoms with E-state index in [0.717, 1.165) is 25.8 Å².